The number of fused-ring (bicyclic) bond motifs is 1. The Kier molecular flexibility index (Phi) is 12.5. The average Bonchev–Trinajstić information content (AvgIpc) is 3.69. The van der Waals surface area contributed by atoms with Crippen LogP contribution >= 0.6 is 0 Å². The Morgan fingerprint density at radius 3 is 2.18 bits per heavy atom. The van der Waals surface area contributed by atoms with Gasteiger partial charge in [-0.1, -0.05) is 57.3 Å². The van der Waals surface area contributed by atoms with Crippen molar-refractivity contribution in [1.29, 1.82) is 0 Å². The summed E-state index contributed by atoms with van der Waals surface area (Å²) >= 11 is 0. The fourth-order valence-electron chi connectivity index (χ4n) is 3.27. The van der Waals surface area contributed by atoms with E-state index in [9.17, 15) is 14.7 Å². The molecule has 3 rings (SSSR count). The van der Waals surface area contributed by atoms with Crippen LogP contribution in [0.1, 0.15) is 40.5 Å². The summed E-state index contributed by atoms with van der Waals surface area (Å²) in [6.07, 6.45) is 1.80. The molecular weight excluding hydrogens is 488 g/mol. The molecule has 0 radical (unpaired) electrons. The molecule has 38 heavy (non-hydrogen) atoms. The van der Waals surface area contributed by atoms with Gasteiger partial charge in [0.2, 0.25) is 0 Å². The van der Waals surface area contributed by atoms with Crippen LogP contribution in [0.5, 0.6) is 5.75 Å². The van der Waals surface area contributed by atoms with E-state index in [4.69, 9.17) is 23.7 Å². The zero-order valence-electron chi connectivity index (χ0n) is 22.9. The van der Waals surface area contributed by atoms with Crippen LogP contribution in [0.4, 0.5) is 0 Å². The van der Waals surface area contributed by atoms with E-state index in [0.29, 0.717) is 43.5 Å². The fraction of sp³-hybridized carbons (Fsp3) is 0.467. The van der Waals surface area contributed by atoms with E-state index < -0.39 is 11.6 Å². The molecule has 3 unspecified atom stereocenters. The highest BCUT2D eigenvalue weighted by atomic mass is 16.6. The molecule has 0 bridgehead atoms. The van der Waals surface area contributed by atoms with E-state index in [0.717, 1.165) is 22.9 Å². The smallest absolute Gasteiger partial charge is 0.333 e. The third-order valence-electron chi connectivity index (χ3n) is 5.88. The molecule has 0 spiro atoms. The minimum atomic E-state index is -1.21. The predicted octanol–water partition coefficient (Wildman–Crippen LogP) is 4.78. The molecule has 0 aliphatic carbocycles. The van der Waals surface area contributed by atoms with Gasteiger partial charge in [0.25, 0.3) is 0 Å². The molecule has 1 saturated heterocycles. The minimum Gasteiger partial charge on any atom is -0.491 e. The van der Waals surface area contributed by atoms with Gasteiger partial charge in [0.15, 0.2) is 0 Å². The van der Waals surface area contributed by atoms with E-state index in [1.165, 1.54) is 0 Å². The molecule has 2 aromatic rings. The highest BCUT2D eigenvalue weighted by Gasteiger charge is 2.37. The van der Waals surface area contributed by atoms with E-state index >= 15 is 0 Å². The number of carbonyl (C=O) groups excluding carboxylic acids is 2. The molecule has 0 aromatic heterocycles. The van der Waals surface area contributed by atoms with Gasteiger partial charge >= 0.3 is 11.9 Å². The second-order valence-electron chi connectivity index (χ2n) is 9.34. The Hall–Kier alpha value is -3.20. The number of benzene rings is 2. The van der Waals surface area contributed by atoms with Crippen molar-refractivity contribution in [2.75, 3.05) is 33.0 Å². The lowest BCUT2D eigenvalue weighted by Gasteiger charge is -2.26. The van der Waals surface area contributed by atoms with Crippen molar-refractivity contribution in [3.8, 4) is 5.75 Å². The molecule has 1 aliphatic rings. The summed E-state index contributed by atoms with van der Waals surface area (Å²) in [5, 5.41) is 12.7. The summed E-state index contributed by atoms with van der Waals surface area (Å²) in [7, 11) is 0. The van der Waals surface area contributed by atoms with Crippen LogP contribution < -0.4 is 4.74 Å². The van der Waals surface area contributed by atoms with Gasteiger partial charge in [-0.05, 0) is 49.6 Å². The van der Waals surface area contributed by atoms with Crippen LogP contribution in [0, 0.1) is 0 Å². The highest BCUT2D eigenvalue weighted by Crippen LogP contribution is 2.25. The van der Waals surface area contributed by atoms with Crippen LogP contribution in [0.25, 0.3) is 10.8 Å². The highest BCUT2D eigenvalue weighted by molar-refractivity contribution is 5.87. The molecule has 1 aliphatic heterocycles. The van der Waals surface area contributed by atoms with Crippen molar-refractivity contribution in [1.82, 2.24) is 0 Å². The number of aliphatic hydroxyl groups is 1. The first-order valence-electron chi connectivity index (χ1n) is 12.8. The molecule has 1 fully saturated rings. The summed E-state index contributed by atoms with van der Waals surface area (Å²) in [4.78, 5) is 22.3. The largest absolute Gasteiger partial charge is 0.491 e. The quantitative estimate of drug-likeness (QED) is 0.162. The Balaban J connectivity index is 0.000000352. The molecule has 3 atom stereocenters. The zero-order chi connectivity index (χ0) is 28.1. The SMILES string of the molecule is C=C(C)C(=O)OCC(O)(CC)COCCOc1ccc2ccccc2c1.C=C(C)C(=O)OCC1OC1CC. The Labute approximate surface area is 225 Å². The van der Waals surface area contributed by atoms with Crippen LogP contribution in [0.15, 0.2) is 66.8 Å². The van der Waals surface area contributed by atoms with Crippen LogP contribution in [-0.2, 0) is 28.5 Å². The summed E-state index contributed by atoms with van der Waals surface area (Å²) < 4.78 is 26.3. The van der Waals surface area contributed by atoms with E-state index in [1.807, 2.05) is 50.2 Å². The van der Waals surface area contributed by atoms with Crippen LogP contribution in [0.2, 0.25) is 0 Å². The average molecular weight is 529 g/mol. The first-order valence-corrected chi connectivity index (χ1v) is 12.8. The van der Waals surface area contributed by atoms with Gasteiger partial charge < -0.3 is 28.8 Å². The topological polar surface area (TPSA) is 104 Å². The van der Waals surface area contributed by atoms with E-state index in [-0.39, 0.29) is 25.3 Å². The second-order valence-corrected chi connectivity index (χ2v) is 9.34. The minimum absolute atomic E-state index is 0.0635. The third kappa shape index (κ3) is 10.7. The summed E-state index contributed by atoms with van der Waals surface area (Å²) in [6.45, 7) is 15.0. The Morgan fingerprint density at radius 1 is 0.921 bits per heavy atom. The van der Waals surface area contributed by atoms with E-state index in [2.05, 4.69) is 19.2 Å². The normalized spacial score (nSPS) is 17.4. The van der Waals surface area contributed by atoms with Gasteiger partial charge in [-0.2, -0.15) is 0 Å². The Bertz CT molecular complexity index is 1090. The summed E-state index contributed by atoms with van der Waals surface area (Å²) in [5.74, 6) is -0.0784. The molecular formula is C30H40O8. The first-order chi connectivity index (χ1) is 18.1. The first kappa shape index (κ1) is 31.0. The van der Waals surface area contributed by atoms with Gasteiger partial charge in [0.1, 0.15) is 37.3 Å². The van der Waals surface area contributed by atoms with Gasteiger partial charge in [-0.3, -0.25) is 0 Å². The van der Waals surface area contributed by atoms with Crippen molar-refractivity contribution in [2.45, 2.75) is 58.3 Å². The lowest BCUT2D eigenvalue weighted by Crippen LogP contribution is -2.40. The van der Waals surface area contributed by atoms with Crippen molar-refractivity contribution < 1.29 is 38.4 Å². The third-order valence-corrected chi connectivity index (χ3v) is 5.88. The van der Waals surface area contributed by atoms with Crippen LogP contribution in [0.3, 0.4) is 0 Å². The maximum atomic E-state index is 11.4. The van der Waals surface area contributed by atoms with Gasteiger partial charge in [0.05, 0.1) is 19.3 Å². The fourth-order valence-corrected chi connectivity index (χ4v) is 3.27. The lowest BCUT2D eigenvalue weighted by molar-refractivity contribution is -0.151. The molecule has 8 nitrogen and oxygen atoms in total. The molecule has 1 heterocycles. The zero-order valence-corrected chi connectivity index (χ0v) is 22.9. The number of carbonyl (C=O) groups is 2. The number of hydrogen-bond acceptors (Lipinski definition) is 8. The molecule has 1 N–H and O–H groups in total. The molecule has 2 aromatic carbocycles. The number of hydrogen-bond donors (Lipinski definition) is 1. The summed E-state index contributed by atoms with van der Waals surface area (Å²) in [5.41, 5.74) is -0.481. The Morgan fingerprint density at radius 2 is 1.58 bits per heavy atom. The predicted molar refractivity (Wildman–Crippen MR) is 146 cm³/mol. The van der Waals surface area contributed by atoms with Crippen molar-refractivity contribution in [3.05, 3.63) is 66.8 Å². The van der Waals surface area contributed by atoms with Gasteiger partial charge in [0, 0.05) is 11.1 Å². The molecule has 0 amide bonds. The molecule has 208 valence electrons. The van der Waals surface area contributed by atoms with Gasteiger partial charge in [-0.25, -0.2) is 9.59 Å². The van der Waals surface area contributed by atoms with Gasteiger partial charge in [-0.15, -0.1) is 0 Å². The standard InChI is InChI=1S/C21H26O5.C9H14O3/c1-4-21(23,15-26-20(22)16(2)3)14-24-11-12-25-19-10-9-17-7-5-6-8-18(17)13-19;1-4-7-8(12-7)5-11-9(10)6(2)3/h5-10,13,23H,2,4,11-12,14-15H2,1,3H3;7-8H,2,4-5H2,1,3H3. The second kappa shape index (κ2) is 15.3. The number of esters is 2. The lowest BCUT2D eigenvalue weighted by atomic mass is 10.0. The van der Waals surface area contributed by atoms with Crippen molar-refractivity contribution in [2.24, 2.45) is 0 Å². The van der Waals surface area contributed by atoms with E-state index in [1.54, 1.807) is 13.8 Å². The van der Waals surface area contributed by atoms with Crippen LogP contribution in [-0.4, -0.2) is 67.9 Å². The maximum Gasteiger partial charge on any atom is 0.333 e. The van der Waals surface area contributed by atoms with Crippen molar-refractivity contribution in [3.63, 3.8) is 0 Å². The number of ether oxygens (including phenoxy) is 5. The molecule has 8 heteroatoms. The maximum absolute atomic E-state index is 11.4. The number of epoxide rings is 1. The number of rotatable bonds is 14. The van der Waals surface area contributed by atoms with Crippen molar-refractivity contribution >= 4 is 22.7 Å². The monoisotopic (exact) mass is 528 g/mol. The molecule has 0 saturated carbocycles. The summed E-state index contributed by atoms with van der Waals surface area (Å²) in [6, 6.07) is 14.0.